The minimum absolute atomic E-state index is 0.0539. The summed E-state index contributed by atoms with van der Waals surface area (Å²) in [7, 11) is -1.61. The Balaban J connectivity index is 1.56. The minimum atomic E-state index is -3.14. The lowest BCUT2D eigenvalue weighted by Gasteiger charge is -2.28. The molecule has 0 saturated carbocycles. The molecule has 1 N–H and O–H groups in total. The van der Waals surface area contributed by atoms with Crippen LogP contribution in [-0.2, 0) is 31.4 Å². The topological polar surface area (TPSA) is 104 Å². The van der Waals surface area contributed by atoms with E-state index in [2.05, 4.69) is 5.32 Å². The summed E-state index contributed by atoms with van der Waals surface area (Å²) >= 11 is 0. The van der Waals surface area contributed by atoms with E-state index in [0.717, 1.165) is 35.3 Å². The van der Waals surface area contributed by atoms with E-state index in [1.807, 2.05) is 24.3 Å². The quantitative estimate of drug-likeness (QED) is 0.730. The third-order valence-electron chi connectivity index (χ3n) is 6.34. The van der Waals surface area contributed by atoms with Gasteiger partial charge < -0.3 is 10.2 Å². The lowest BCUT2D eigenvalue weighted by molar-refractivity contribution is -0.139. The number of imide groups is 1. The first kappa shape index (κ1) is 19.9. The van der Waals surface area contributed by atoms with Gasteiger partial charge >= 0.3 is 6.03 Å². The number of amides is 4. The second kappa shape index (κ2) is 7.12. The molecule has 1 spiro atoms. The molecule has 8 nitrogen and oxygen atoms in total. The van der Waals surface area contributed by atoms with Crippen molar-refractivity contribution in [2.75, 3.05) is 25.1 Å². The third-order valence-corrected chi connectivity index (χ3v) is 8.09. The van der Waals surface area contributed by atoms with Crippen LogP contribution in [0.5, 0.6) is 0 Å². The maximum atomic E-state index is 13.4. The smallest absolute Gasteiger partial charge is 0.325 e. The van der Waals surface area contributed by atoms with Gasteiger partial charge in [0.05, 0.1) is 11.5 Å². The molecule has 2 aliphatic heterocycles. The third kappa shape index (κ3) is 3.41. The van der Waals surface area contributed by atoms with Gasteiger partial charge in [0.15, 0.2) is 9.84 Å². The van der Waals surface area contributed by atoms with Crippen LogP contribution in [-0.4, -0.2) is 67.2 Å². The molecular formula is C20H25N3O5S. The van der Waals surface area contributed by atoms with Gasteiger partial charge in [-0.15, -0.1) is 0 Å². The van der Waals surface area contributed by atoms with E-state index in [4.69, 9.17) is 0 Å². The SMILES string of the molecule is CN(C(=O)CN1C(=O)N[C@@]2(CCCCc3ccccc32)C1=O)[C@H]1CCS(=O)(=O)C1. The summed E-state index contributed by atoms with van der Waals surface area (Å²) < 4.78 is 23.4. The summed E-state index contributed by atoms with van der Waals surface area (Å²) in [5, 5.41) is 2.86. The van der Waals surface area contributed by atoms with E-state index in [1.165, 1.54) is 11.9 Å². The monoisotopic (exact) mass is 419 g/mol. The number of hydrogen-bond acceptors (Lipinski definition) is 5. The molecule has 0 bridgehead atoms. The Morgan fingerprint density at radius 2 is 2.03 bits per heavy atom. The van der Waals surface area contributed by atoms with E-state index in [9.17, 15) is 22.8 Å². The molecule has 3 aliphatic rings. The van der Waals surface area contributed by atoms with E-state index in [0.29, 0.717) is 12.8 Å². The van der Waals surface area contributed by atoms with Crippen molar-refractivity contribution in [3.63, 3.8) is 0 Å². The number of hydrogen-bond donors (Lipinski definition) is 1. The van der Waals surface area contributed by atoms with Gasteiger partial charge in [0.2, 0.25) is 5.91 Å². The molecule has 2 saturated heterocycles. The second-order valence-electron chi connectivity index (χ2n) is 8.15. The van der Waals surface area contributed by atoms with Crippen molar-refractivity contribution in [2.24, 2.45) is 0 Å². The van der Waals surface area contributed by atoms with E-state index in [1.54, 1.807) is 0 Å². The van der Waals surface area contributed by atoms with Crippen LogP contribution in [0.2, 0.25) is 0 Å². The lowest BCUT2D eigenvalue weighted by atomic mass is 9.84. The Bertz CT molecular complexity index is 976. The molecule has 0 unspecified atom stereocenters. The van der Waals surface area contributed by atoms with Gasteiger partial charge in [-0.25, -0.2) is 13.2 Å². The van der Waals surface area contributed by atoms with E-state index in [-0.39, 0.29) is 18.1 Å². The first-order valence-corrected chi connectivity index (χ1v) is 11.7. The largest absolute Gasteiger partial charge is 0.340 e. The number of likely N-dealkylation sites (N-methyl/N-ethyl adjacent to an activating group) is 1. The number of fused-ring (bicyclic) bond motifs is 2. The van der Waals surface area contributed by atoms with E-state index < -0.39 is 39.3 Å². The molecule has 4 rings (SSSR count). The predicted octanol–water partition coefficient (Wildman–Crippen LogP) is 0.806. The molecule has 2 fully saturated rings. The average Bonchev–Trinajstić information content (AvgIpc) is 3.08. The first-order valence-electron chi connectivity index (χ1n) is 9.92. The average molecular weight is 420 g/mol. The number of carbonyl (C=O) groups is 3. The highest BCUT2D eigenvalue weighted by molar-refractivity contribution is 7.91. The van der Waals surface area contributed by atoms with Crippen LogP contribution in [0.1, 0.15) is 36.8 Å². The Kier molecular flexibility index (Phi) is 4.88. The number of rotatable bonds is 3. The number of carbonyl (C=O) groups excluding carboxylic acids is 3. The molecule has 4 amide bonds. The molecule has 1 aromatic rings. The van der Waals surface area contributed by atoms with Crippen LogP contribution in [0.25, 0.3) is 0 Å². The molecule has 1 aromatic carbocycles. The summed E-state index contributed by atoms with van der Waals surface area (Å²) in [5.74, 6) is -0.863. The minimum Gasteiger partial charge on any atom is -0.340 e. The van der Waals surface area contributed by atoms with Gasteiger partial charge in [-0.3, -0.25) is 14.5 Å². The highest BCUT2D eigenvalue weighted by Gasteiger charge is 2.53. The fraction of sp³-hybridized carbons (Fsp3) is 0.550. The number of nitrogens with zero attached hydrogens (tertiary/aromatic N) is 2. The molecule has 0 aromatic heterocycles. The summed E-state index contributed by atoms with van der Waals surface area (Å²) in [4.78, 5) is 41.1. The van der Waals surface area contributed by atoms with Crippen LogP contribution >= 0.6 is 0 Å². The summed E-state index contributed by atoms with van der Waals surface area (Å²) in [5.41, 5.74) is 0.723. The normalized spacial score (nSPS) is 28.2. The zero-order chi connectivity index (χ0) is 20.8. The Morgan fingerprint density at radius 3 is 2.76 bits per heavy atom. The lowest BCUT2D eigenvalue weighted by Crippen LogP contribution is -2.47. The van der Waals surface area contributed by atoms with Gasteiger partial charge in [0, 0.05) is 13.1 Å². The van der Waals surface area contributed by atoms with Crippen molar-refractivity contribution in [1.82, 2.24) is 15.1 Å². The van der Waals surface area contributed by atoms with Gasteiger partial charge in [0.1, 0.15) is 12.1 Å². The van der Waals surface area contributed by atoms with Crippen LogP contribution in [0.15, 0.2) is 24.3 Å². The second-order valence-corrected chi connectivity index (χ2v) is 10.4. The number of nitrogens with one attached hydrogen (secondary N) is 1. The Labute approximate surface area is 170 Å². The standard InChI is InChI=1S/C20H25N3O5S/c1-22(15-9-11-29(27,28)13-15)17(24)12-23-18(25)20(21-19(23)26)10-5-4-7-14-6-2-3-8-16(14)20/h2-3,6,8,15H,4-5,7,9-13H2,1H3,(H,21,26)/t15-,20+/m0/s1. The fourth-order valence-corrected chi connectivity index (χ4v) is 6.42. The van der Waals surface area contributed by atoms with Crippen LogP contribution in [0.4, 0.5) is 4.79 Å². The Hall–Kier alpha value is -2.42. The molecule has 1 aliphatic carbocycles. The van der Waals surface area contributed by atoms with Crippen molar-refractivity contribution in [1.29, 1.82) is 0 Å². The highest BCUT2D eigenvalue weighted by Crippen LogP contribution is 2.39. The van der Waals surface area contributed by atoms with Gasteiger partial charge in [0.25, 0.3) is 5.91 Å². The van der Waals surface area contributed by atoms with Gasteiger partial charge in [-0.1, -0.05) is 24.3 Å². The van der Waals surface area contributed by atoms with Crippen LogP contribution in [0.3, 0.4) is 0 Å². The van der Waals surface area contributed by atoms with Crippen molar-refractivity contribution in [3.05, 3.63) is 35.4 Å². The maximum Gasteiger partial charge on any atom is 0.325 e. The number of sulfone groups is 1. The fourth-order valence-electron chi connectivity index (χ4n) is 4.65. The number of urea groups is 1. The van der Waals surface area contributed by atoms with Gasteiger partial charge in [-0.05, 0) is 43.2 Å². The zero-order valence-corrected chi connectivity index (χ0v) is 17.2. The van der Waals surface area contributed by atoms with Crippen LogP contribution < -0.4 is 5.32 Å². The van der Waals surface area contributed by atoms with Crippen molar-refractivity contribution in [2.45, 2.75) is 43.7 Å². The number of benzene rings is 1. The van der Waals surface area contributed by atoms with Crippen LogP contribution in [0, 0.1) is 0 Å². The zero-order valence-electron chi connectivity index (χ0n) is 16.4. The summed E-state index contributed by atoms with van der Waals surface area (Å²) in [6.07, 6.45) is 3.44. The molecule has 2 atom stereocenters. The first-order chi connectivity index (χ1) is 13.7. The molecule has 156 valence electrons. The van der Waals surface area contributed by atoms with E-state index >= 15 is 0 Å². The summed E-state index contributed by atoms with van der Waals surface area (Å²) in [6.45, 7) is -0.387. The maximum absolute atomic E-state index is 13.4. The molecule has 29 heavy (non-hydrogen) atoms. The molecule has 9 heteroatoms. The highest BCUT2D eigenvalue weighted by atomic mass is 32.2. The molecule has 2 heterocycles. The van der Waals surface area contributed by atoms with Crippen molar-refractivity contribution in [3.8, 4) is 0 Å². The predicted molar refractivity (Wildman–Crippen MR) is 106 cm³/mol. The summed E-state index contributed by atoms with van der Waals surface area (Å²) in [6, 6.07) is 6.63. The molecular weight excluding hydrogens is 394 g/mol. The molecule has 0 radical (unpaired) electrons. The van der Waals surface area contributed by atoms with Crippen molar-refractivity contribution < 1.29 is 22.8 Å². The van der Waals surface area contributed by atoms with Crippen molar-refractivity contribution >= 4 is 27.7 Å². The number of aryl methyl sites for hydroxylation is 1. The van der Waals surface area contributed by atoms with Gasteiger partial charge in [-0.2, -0.15) is 0 Å². The Morgan fingerprint density at radius 1 is 1.28 bits per heavy atom.